The van der Waals surface area contributed by atoms with Crippen LogP contribution in [0.5, 0.6) is 0 Å². The molecule has 0 aliphatic rings. The predicted octanol–water partition coefficient (Wildman–Crippen LogP) is 1.40. The van der Waals surface area contributed by atoms with E-state index in [0.29, 0.717) is 6.54 Å². The third-order valence-corrected chi connectivity index (χ3v) is 2.96. The van der Waals surface area contributed by atoms with Crippen molar-refractivity contribution in [1.82, 2.24) is 5.32 Å². The molecule has 0 unspecified atom stereocenters. The highest BCUT2D eigenvalue weighted by Gasteiger charge is 2.26. The lowest BCUT2D eigenvalue weighted by Crippen LogP contribution is -2.49. The lowest BCUT2D eigenvalue weighted by Gasteiger charge is -2.25. The van der Waals surface area contributed by atoms with E-state index in [1.54, 1.807) is 11.8 Å². The topological polar surface area (TPSA) is 55.1 Å². The van der Waals surface area contributed by atoms with E-state index in [2.05, 4.69) is 11.9 Å². The summed E-state index contributed by atoms with van der Waals surface area (Å²) in [7, 11) is 0. The van der Waals surface area contributed by atoms with Crippen molar-refractivity contribution in [3.05, 3.63) is 12.7 Å². The van der Waals surface area contributed by atoms with E-state index in [-0.39, 0.29) is 11.3 Å². The molecule has 0 rings (SSSR count). The van der Waals surface area contributed by atoms with Gasteiger partial charge in [-0.15, -0.1) is 6.58 Å². The molecule has 0 aliphatic carbocycles. The number of thioether (sulfide) groups is 1. The van der Waals surface area contributed by atoms with Crippen LogP contribution in [0.15, 0.2) is 12.7 Å². The van der Waals surface area contributed by atoms with E-state index in [1.807, 2.05) is 26.8 Å². The molecule has 0 saturated carbocycles. The second-order valence-electron chi connectivity index (χ2n) is 4.50. The first-order chi connectivity index (χ1) is 6.89. The van der Waals surface area contributed by atoms with Crippen LogP contribution in [-0.4, -0.2) is 30.0 Å². The van der Waals surface area contributed by atoms with Gasteiger partial charge in [0, 0.05) is 18.1 Å². The van der Waals surface area contributed by atoms with Gasteiger partial charge in [-0.3, -0.25) is 4.79 Å². The first-order valence-corrected chi connectivity index (χ1v) is 6.27. The first-order valence-electron chi connectivity index (χ1n) is 5.11. The van der Waals surface area contributed by atoms with E-state index >= 15 is 0 Å². The highest BCUT2D eigenvalue weighted by atomic mass is 32.2. The molecule has 3 N–H and O–H groups in total. The molecule has 1 atom stereocenters. The van der Waals surface area contributed by atoms with Gasteiger partial charge in [-0.25, -0.2) is 0 Å². The molecule has 0 bridgehead atoms. The Morgan fingerprint density at radius 3 is 2.67 bits per heavy atom. The van der Waals surface area contributed by atoms with Crippen molar-refractivity contribution in [2.24, 2.45) is 11.1 Å². The van der Waals surface area contributed by atoms with Crippen LogP contribution in [0.3, 0.4) is 0 Å². The van der Waals surface area contributed by atoms with E-state index in [0.717, 1.165) is 11.5 Å². The molecule has 0 aromatic heterocycles. The Bertz CT molecular complexity index is 211. The number of nitrogens with one attached hydrogen (secondary N) is 1. The summed E-state index contributed by atoms with van der Waals surface area (Å²) in [6.45, 7) is 10.2. The van der Waals surface area contributed by atoms with Crippen LogP contribution in [0.25, 0.3) is 0 Å². The maximum absolute atomic E-state index is 11.6. The van der Waals surface area contributed by atoms with Gasteiger partial charge in [0.2, 0.25) is 5.91 Å². The molecular weight excluding hydrogens is 208 g/mol. The van der Waals surface area contributed by atoms with Gasteiger partial charge in [-0.2, -0.15) is 11.8 Å². The van der Waals surface area contributed by atoms with Crippen LogP contribution in [0.1, 0.15) is 20.8 Å². The van der Waals surface area contributed by atoms with Crippen molar-refractivity contribution in [1.29, 1.82) is 0 Å². The molecule has 0 fully saturated rings. The summed E-state index contributed by atoms with van der Waals surface area (Å²) in [5.41, 5.74) is 5.62. The van der Waals surface area contributed by atoms with E-state index in [9.17, 15) is 4.79 Å². The molecule has 4 heteroatoms. The quantitative estimate of drug-likeness (QED) is 0.535. The van der Waals surface area contributed by atoms with Gasteiger partial charge in [-0.05, 0) is 5.41 Å². The summed E-state index contributed by atoms with van der Waals surface area (Å²) >= 11 is 1.74. The van der Waals surface area contributed by atoms with Crippen LogP contribution in [0, 0.1) is 5.41 Å². The monoisotopic (exact) mass is 230 g/mol. The molecule has 0 radical (unpaired) electrons. The lowest BCUT2D eigenvalue weighted by molar-refractivity contribution is -0.124. The largest absolute Gasteiger partial charge is 0.354 e. The zero-order chi connectivity index (χ0) is 11.9. The molecule has 0 spiro atoms. The van der Waals surface area contributed by atoms with Gasteiger partial charge in [0.15, 0.2) is 0 Å². The number of amides is 1. The third kappa shape index (κ3) is 6.57. The average Bonchev–Trinajstić information content (AvgIpc) is 2.14. The van der Waals surface area contributed by atoms with Gasteiger partial charge in [0.25, 0.3) is 0 Å². The maximum atomic E-state index is 11.6. The number of hydrogen-bond acceptors (Lipinski definition) is 3. The van der Waals surface area contributed by atoms with E-state index in [1.165, 1.54) is 0 Å². The molecule has 88 valence electrons. The Morgan fingerprint density at radius 2 is 2.20 bits per heavy atom. The summed E-state index contributed by atoms with van der Waals surface area (Å²) < 4.78 is 0. The fraction of sp³-hybridized carbons (Fsp3) is 0.727. The van der Waals surface area contributed by atoms with Crippen LogP contribution in [0.2, 0.25) is 0 Å². The highest BCUT2D eigenvalue weighted by Crippen LogP contribution is 2.16. The number of nitrogens with two attached hydrogens (primary N) is 1. The zero-order valence-corrected chi connectivity index (χ0v) is 10.7. The summed E-state index contributed by atoms with van der Waals surface area (Å²) in [5, 5.41) is 2.83. The van der Waals surface area contributed by atoms with Crippen molar-refractivity contribution in [3.63, 3.8) is 0 Å². The smallest absolute Gasteiger partial charge is 0.237 e. The normalized spacial score (nSPS) is 13.3. The average molecular weight is 230 g/mol. The van der Waals surface area contributed by atoms with Crippen molar-refractivity contribution in [2.75, 3.05) is 18.1 Å². The molecule has 0 heterocycles. The number of rotatable bonds is 6. The lowest BCUT2D eigenvalue weighted by atomic mass is 9.87. The fourth-order valence-electron chi connectivity index (χ4n) is 0.916. The van der Waals surface area contributed by atoms with Crippen molar-refractivity contribution >= 4 is 17.7 Å². The summed E-state index contributed by atoms with van der Waals surface area (Å²) in [4.78, 5) is 11.6. The van der Waals surface area contributed by atoms with Crippen LogP contribution < -0.4 is 11.1 Å². The van der Waals surface area contributed by atoms with Crippen molar-refractivity contribution < 1.29 is 4.79 Å². The second-order valence-corrected chi connectivity index (χ2v) is 5.65. The van der Waals surface area contributed by atoms with Gasteiger partial charge in [0.05, 0.1) is 6.04 Å². The molecule has 15 heavy (non-hydrogen) atoms. The molecule has 3 nitrogen and oxygen atoms in total. The first kappa shape index (κ1) is 14.5. The van der Waals surface area contributed by atoms with Gasteiger partial charge < -0.3 is 11.1 Å². The maximum Gasteiger partial charge on any atom is 0.237 e. The minimum atomic E-state index is -0.443. The molecule has 1 amide bonds. The number of carbonyl (C=O) groups excluding carboxylic acids is 1. The van der Waals surface area contributed by atoms with E-state index < -0.39 is 6.04 Å². The minimum absolute atomic E-state index is 0.0679. The molecular formula is C11H22N2OS. The highest BCUT2D eigenvalue weighted by molar-refractivity contribution is 7.99. The Hall–Kier alpha value is -0.480. The molecule has 0 aromatic carbocycles. The molecule has 0 saturated heterocycles. The standard InChI is InChI=1S/C11H22N2OS/c1-5-7-15-8-6-13-10(14)9(12)11(2,3)4/h5,9H,1,6-8,12H2,2-4H3,(H,13,14)/t9-/m0/s1. The van der Waals surface area contributed by atoms with Gasteiger partial charge in [-0.1, -0.05) is 26.8 Å². The third-order valence-electron chi connectivity index (χ3n) is 2.00. The summed E-state index contributed by atoms with van der Waals surface area (Å²) in [6.07, 6.45) is 1.85. The Morgan fingerprint density at radius 1 is 1.60 bits per heavy atom. The number of hydrogen-bond donors (Lipinski definition) is 2. The van der Waals surface area contributed by atoms with Crippen molar-refractivity contribution in [3.8, 4) is 0 Å². The SMILES string of the molecule is C=CCSCCNC(=O)[C@H](N)C(C)(C)C. The summed E-state index contributed by atoms with van der Waals surface area (Å²) in [6, 6.07) is -0.443. The minimum Gasteiger partial charge on any atom is -0.354 e. The van der Waals surface area contributed by atoms with E-state index in [4.69, 9.17) is 5.73 Å². The predicted molar refractivity (Wildman–Crippen MR) is 68.0 cm³/mol. The zero-order valence-electron chi connectivity index (χ0n) is 9.88. The summed E-state index contributed by atoms with van der Waals surface area (Å²) in [5.74, 6) is 1.75. The molecule has 0 aliphatic heterocycles. The number of carbonyl (C=O) groups is 1. The Kier molecular flexibility index (Phi) is 6.68. The Balaban J connectivity index is 3.70. The fourth-order valence-corrected chi connectivity index (χ4v) is 1.50. The van der Waals surface area contributed by atoms with Gasteiger partial charge in [0.1, 0.15) is 0 Å². The Labute approximate surface area is 96.9 Å². The molecule has 0 aromatic rings. The van der Waals surface area contributed by atoms with Crippen LogP contribution >= 0.6 is 11.8 Å². The van der Waals surface area contributed by atoms with Crippen molar-refractivity contribution in [2.45, 2.75) is 26.8 Å². The van der Waals surface area contributed by atoms with Gasteiger partial charge >= 0.3 is 0 Å². The van der Waals surface area contributed by atoms with Crippen LogP contribution in [0.4, 0.5) is 0 Å². The second kappa shape index (κ2) is 6.90. The van der Waals surface area contributed by atoms with Crippen LogP contribution in [-0.2, 0) is 4.79 Å².